The molecule has 60 heavy (non-hydrogen) atoms. The Balaban J connectivity index is 1.19. The molecule has 2 N–H and O–H groups in total. The highest BCUT2D eigenvalue weighted by Crippen LogP contribution is 2.50. The van der Waals surface area contributed by atoms with E-state index in [1.807, 2.05) is 0 Å². The first-order valence-electron chi connectivity index (χ1n) is 23.9. The average molecular weight is 916 g/mol. The fourth-order valence-corrected chi connectivity index (χ4v) is 18.0. The van der Waals surface area contributed by atoms with Gasteiger partial charge in [-0.15, -0.1) is 23.5 Å². The Morgan fingerprint density at radius 2 is 0.833 bits per heavy atom. The van der Waals surface area contributed by atoms with E-state index >= 15 is 0 Å². The van der Waals surface area contributed by atoms with E-state index < -0.39 is 0 Å². The molecule has 0 aromatic heterocycles. The normalized spacial score (nSPS) is 25.0. The van der Waals surface area contributed by atoms with Crippen molar-refractivity contribution in [3.63, 3.8) is 0 Å². The minimum atomic E-state index is -0.263. The summed E-state index contributed by atoms with van der Waals surface area (Å²) in [7, 11) is 0.465. The van der Waals surface area contributed by atoms with E-state index in [4.69, 9.17) is 8.80 Å². The van der Waals surface area contributed by atoms with Crippen LogP contribution in [0.2, 0.25) is 12.1 Å². The SMILES string of the molecule is CCCCCCCCCCCC[SiH]=C1C=C(C2(Cc3ccccc3)C=NSN2)SC1C1SC(C2(Cc3ccccc3)C=NSN2)=CC1=[SiH]CCCCCCCCCCCC. The van der Waals surface area contributed by atoms with Crippen molar-refractivity contribution in [1.82, 2.24) is 9.44 Å². The molecule has 6 rings (SSSR count). The molecule has 326 valence electrons. The molecule has 0 saturated carbocycles. The maximum absolute atomic E-state index is 4.76. The van der Waals surface area contributed by atoms with Gasteiger partial charge >= 0.3 is 0 Å². The summed E-state index contributed by atoms with van der Waals surface area (Å²) in [5, 5.41) is 4.43. The third-order valence-corrected chi connectivity index (χ3v) is 21.0. The number of hydrogen-bond donors (Lipinski definition) is 2. The number of nitrogens with one attached hydrogen (secondary N) is 2. The first-order valence-corrected chi connectivity index (χ1v) is 29.9. The summed E-state index contributed by atoms with van der Waals surface area (Å²) in [5.74, 6) is 0. The summed E-state index contributed by atoms with van der Waals surface area (Å²) in [5.41, 5.74) is 2.20. The first-order chi connectivity index (χ1) is 29.6. The van der Waals surface area contributed by atoms with Crippen LogP contribution in [0.5, 0.6) is 0 Å². The molecule has 4 nitrogen and oxygen atoms in total. The van der Waals surface area contributed by atoms with Crippen LogP contribution in [-0.4, -0.2) is 62.6 Å². The second kappa shape index (κ2) is 27.2. The predicted molar refractivity (Wildman–Crippen MR) is 281 cm³/mol. The molecule has 0 bridgehead atoms. The van der Waals surface area contributed by atoms with Crippen LogP contribution in [-0.2, 0) is 12.8 Å². The van der Waals surface area contributed by atoms with Gasteiger partial charge in [-0.25, -0.2) is 18.2 Å². The molecule has 4 unspecified atom stereocenters. The van der Waals surface area contributed by atoms with Gasteiger partial charge in [0.15, 0.2) is 0 Å². The van der Waals surface area contributed by atoms with E-state index in [0.29, 0.717) is 10.5 Å². The highest BCUT2D eigenvalue weighted by atomic mass is 32.2. The molecule has 0 fully saturated rings. The lowest BCUT2D eigenvalue weighted by molar-refractivity contribution is 0.562. The summed E-state index contributed by atoms with van der Waals surface area (Å²) >= 11 is 7.41. The lowest BCUT2D eigenvalue weighted by Gasteiger charge is -2.30. The predicted octanol–water partition coefficient (Wildman–Crippen LogP) is 13.3. The zero-order valence-electron chi connectivity index (χ0n) is 36.9. The van der Waals surface area contributed by atoms with Crippen molar-refractivity contribution in [1.29, 1.82) is 0 Å². The van der Waals surface area contributed by atoms with Crippen molar-refractivity contribution in [2.45, 2.75) is 189 Å². The molecular formula is C50H74N4S4Si2. The van der Waals surface area contributed by atoms with Crippen LogP contribution >= 0.6 is 47.8 Å². The molecule has 4 aliphatic heterocycles. The van der Waals surface area contributed by atoms with Gasteiger partial charge < -0.3 is 0 Å². The zero-order chi connectivity index (χ0) is 41.6. The second-order valence-corrected chi connectivity index (χ2v) is 24.4. The number of allylic oxidation sites excluding steroid dienone is 2. The van der Waals surface area contributed by atoms with Gasteiger partial charge in [-0.1, -0.05) is 225 Å². The van der Waals surface area contributed by atoms with Crippen molar-refractivity contribution in [3.8, 4) is 0 Å². The molecule has 4 aliphatic rings. The summed E-state index contributed by atoms with van der Waals surface area (Å²) < 4.78 is 17.2. The molecular weight excluding hydrogens is 841 g/mol. The van der Waals surface area contributed by atoms with E-state index in [0.717, 1.165) is 12.8 Å². The molecule has 2 aromatic carbocycles. The number of thioether (sulfide) groups is 2. The Labute approximate surface area is 387 Å². The molecule has 0 spiro atoms. The van der Waals surface area contributed by atoms with Crippen LogP contribution in [0.4, 0.5) is 0 Å². The van der Waals surface area contributed by atoms with E-state index in [2.05, 4.69) is 132 Å². The number of nitrogens with zero attached hydrogens (tertiary/aromatic N) is 2. The van der Waals surface area contributed by atoms with E-state index in [1.165, 1.54) is 186 Å². The van der Waals surface area contributed by atoms with Crippen molar-refractivity contribution >= 4 is 88.8 Å². The Hall–Kier alpha value is -1.25. The largest absolute Gasteiger partial charge is 0.228 e. The average Bonchev–Trinajstić information content (AvgIpc) is 4.11. The molecule has 4 atom stereocenters. The quantitative estimate of drug-likeness (QED) is 0.0482. The summed E-state index contributed by atoms with van der Waals surface area (Å²) in [6, 6.07) is 24.9. The van der Waals surface area contributed by atoms with Crippen LogP contribution in [0.25, 0.3) is 0 Å². The first kappa shape index (κ1) is 48.2. The number of unbranched alkanes of at least 4 members (excludes halogenated alkanes) is 18. The van der Waals surface area contributed by atoms with Crippen LogP contribution in [0.1, 0.15) is 153 Å². The minimum absolute atomic E-state index is 0.233. The van der Waals surface area contributed by atoms with Crippen molar-refractivity contribution in [3.05, 3.63) is 93.8 Å². The molecule has 4 heterocycles. The zero-order valence-corrected chi connectivity index (χ0v) is 42.5. The van der Waals surface area contributed by atoms with Crippen LogP contribution in [0, 0.1) is 0 Å². The Kier molecular flexibility index (Phi) is 21.8. The third kappa shape index (κ3) is 14.9. The van der Waals surface area contributed by atoms with Gasteiger partial charge in [-0.2, -0.15) is 0 Å². The molecule has 0 saturated heterocycles. The van der Waals surface area contributed by atoms with Gasteiger partial charge in [0, 0.05) is 45.6 Å². The molecule has 2 aromatic rings. The highest BCUT2D eigenvalue weighted by Gasteiger charge is 2.47. The lowest BCUT2D eigenvalue weighted by atomic mass is 9.91. The van der Waals surface area contributed by atoms with Gasteiger partial charge in [-0.05, 0) is 41.5 Å². The maximum Gasteiger partial charge on any atom is 0.101 e. The Morgan fingerprint density at radius 3 is 1.17 bits per heavy atom. The third-order valence-electron chi connectivity index (χ3n) is 12.5. The number of hydrogen-bond acceptors (Lipinski definition) is 8. The topological polar surface area (TPSA) is 48.8 Å². The highest BCUT2D eigenvalue weighted by molar-refractivity contribution is 8.09. The summed E-state index contributed by atoms with van der Waals surface area (Å²) in [6.45, 7) is 4.63. The number of rotatable bonds is 29. The lowest BCUT2D eigenvalue weighted by Crippen LogP contribution is -2.43. The standard InChI is InChI=1S/C50H74N4S4Si2/c1-3-5-7-9-11-13-15-17-19-27-33-59-43-35-45(49(39-51-57-53-49)37-41-29-23-21-24-30-41)55-47(43)48-44(60-34-28-20-18-16-14-12-10-8-6-4-2)36-46(56-48)50(40-52-58-54-50)38-42-31-25-22-26-32-42/h21-26,29-32,35-36,39-40,47-48,53-54,59-60H,3-20,27-28,33-34,37-38H2,1-2H3. The van der Waals surface area contributed by atoms with Gasteiger partial charge in [0.2, 0.25) is 0 Å². The van der Waals surface area contributed by atoms with Gasteiger partial charge in [0.25, 0.3) is 0 Å². The fourth-order valence-electron chi connectivity index (χ4n) is 8.94. The molecule has 0 radical (unpaired) electrons. The van der Waals surface area contributed by atoms with Crippen LogP contribution in [0.3, 0.4) is 0 Å². The van der Waals surface area contributed by atoms with E-state index in [1.54, 1.807) is 10.3 Å². The number of benzene rings is 2. The van der Waals surface area contributed by atoms with Gasteiger partial charge in [-0.3, -0.25) is 0 Å². The fraction of sp³-hybridized carbons (Fsp3) is 0.600. The molecule has 10 heteroatoms. The van der Waals surface area contributed by atoms with E-state index in [9.17, 15) is 0 Å². The van der Waals surface area contributed by atoms with Crippen LogP contribution in [0.15, 0.2) is 91.4 Å². The molecule has 0 amide bonds. The minimum Gasteiger partial charge on any atom is -0.228 e. The Bertz CT molecular complexity index is 1620. The molecule has 0 aliphatic carbocycles. The monoisotopic (exact) mass is 914 g/mol. The summed E-state index contributed by atoms with van der Waals surface area (Å²) in [6.07, 6.45) is 39.7. The summed E-state index contributed by atoms with van der Waals surface area (Å²) in [4.78, 5) is 2.95. The van der Waals surface area contributed by atoms with Gasteiger partial charge in [0.1, 0.15) is 11.1 Å². The smallest absolute Gasteiger partial charge is 0.101 e. The van der Waals surface area contributed by atoms with Crippen molar-refractivity contribution in [2.24, 2.45) is 8.80 Å². The van der Waals surface area contributed by atoms with E-state index in [-0.39, 0.29) is 29.3 Å². The maximum atomic E-state index is 4.76. The van der Waals surface area contributed by atoms with Crippen molar-refractivity contribution < 1.29 is 0 Å². The van der Waals surface area contributed by atoms with Crippen LogP contribution < -0.4 is 9.44 Å². The Morgan fingerprint density at radius 1 is 0.483 bits per heavy atom. The van der Waals surface area contributed by atoms with Gasteiger partial charge in [0.05, 0.1) is 24.3 Å². The second-order valence-electron chi connectivity index (χ2n) is 17.6. The van der Waals surface area contributed by atoms with Crippen molar-refractivity contribution in [2.75, 3.05) is 0 Å².